The van der Waals surface area contributed by atoms with Gasteiger partial charge in [-0.1, -0.05) is 42.1 Å². The maximum absolute atomic E-state index is 12.4. The standard InChI is InChI=1S/C26H26IN5O2S/c1-34-23-13-7-19(8-14-23)17-29-25(33)15-16-35-26-31-30-24(32(26)22-5-3-2-4-6-22)18-28-21-11-9-20(27)10-12-21/h2-14,28H,15-18H2,1H3,(H,29,33). The Morgan fingerprint density at radius 1 is 0.971 bits per heavy atom. The van der Waals surface area contributed by atoms with E-state index in [1.807, 2.05) is 71.3 Å². The molecule has 0 spiro atoms. The number of methoxy groups -OCH3 is 1. The van der Waals surface area contributed by atoms with E-state index in [0.29, 0.717) is 25.3 Å². The van der Waals surface area contributed by atoms with Crippen LogP contribution in [0.25, 0.3) is 5.69 Å². The summed E-state index contributed by atoms with van der Waals surface area (Å²) in [6.45, 7) is 1.02. The van der Waals surface area contributed by atoms with Crippen molar-refractivity contribution < 1.29 is 9.53 Å². The molecule has 2 N–H and O–H groups in total. The van der Waals surface area contributed by atoms with Crippen molar-refractivity contribution in [3.8, 4) is 11.4 Å². The van der Waals surface area contributed by atoms with Crippen molar-refractivity contribution in [2.75, 3.05) is 18.2 Å². The molecule has 0 radical (unpaired) electrons. The largest absolute Gasteiger partial charge is 0.497 e. The first-order chi connectivity index (χ1) is 17.1. The summed E-state index contributed by atoms with van der Waals surface area (Å²) in [5, 5.41) is 16.0. The van der Waals surface area contributed by atoms with Crippen LogP contribution in [0.3, 0.4) is 0 Å². The molecule has 0 atom stereocenters. The van der Waals surface area contributed by atoms with Crippen molar-refractivity contribution in [3.63, 3.8) is 0 Å². The molecule has 4 aromatic rings. The highest BCUT2D eigenvalue weighted by atomic mass is 127. The SMILES string of the molecule is COc1ccc(CNC(=O)CCSc2nnc(CNc3ccc(I)cc3)n2-c2ccccc2)cc1. The highest BCUT2D eigenvalue weighted by Crippen LogP contribution is 2.23. The van der Waals surface area contributed by atoms with Gasteiger partial charge in [0.1, 0.15) is 5.75 Å². The van der Waals surface area contributed by atoms with E-state index in [9.17, 15) is 4.79 Å². The van der Waals surface area contributed by atoms with E-state index in [1.54, 1.807) is 7.11 Å². The van der Waals surface area contributed by atoms with E-state index in [4.69, 9.17) is 4.74 Å². The number of benzene rings is 3. The molecule has 0 fully saturated rings. The number of rotatable bonds is 11. The van der Waals surface area contributed by atoms with Gasteiger partial charge in [0.05, 0.1) is 13.7 Å². The van der Waals surface area contributed by atoms with Crippen LogP contribution in [0.5, 0.6) is 5.75 Å². The Labute approximate surface area is 222 Å². The third-order valence-electron chi connectivity index (χ3n) is 5.22. The predicted molar refractivity (Wildman–Crippen MR) is 148 cm³/mol. The van der Waals surface area contributed by atoms with Crippen LogP contribution in [0.1, 0.15) is 17.8 Å². The molecule has 9 heteroatoms. The highest BCUT2D eigenvalue weighted by Gasteiger charge is 2.15. The van der Waals surface area contributed by atoms with Gasteiger partial charge in [0.2, 0.25) is 5.91 Å². The normalized spacial score (nSPS) is 10.7. The van der Waals surface area contributed by atoms with Crippen LogP contribution in [0, 0.1) is 3.57 Å². The molecule has 0 aliphatic rings. The number of para-hydroxylation sites is 1. The molecule has 1 aromatic heterocycles. The van der Waals surface area contributed by atoms with E-state index in [-0.39, 0.29) is 5.91 Å². The van der Waals surface area contributed by atoms with Gasteiger partial charge < -0.3 is 15.4 Å². The minimum absolute atomic E-state index is 0.000283. The van der Waals surface area contributed by atoms with Gasteiger partial charge in [-0.2, -0.15) is 0 Å². The third-order valence-corrected chi connectivity index (χ3v) is 6.87. The van der Waals surface area contributed by atoms with Crippen LogP contribution < -0.4 is 15.4 Å². The molecule has 180 valence electrons. The van der Waals surface area contributed by atoms with Crippen LogP contribution in [0.4, 0.5) is 5.69 Å². The molecule has 0 saturated heterocycles. The van der Waals surface area contributed by atoms with E-state index >= 15 is 0 Å². The zero-order chi connectivity index (χ0) is 24.5. The Hall–Kier alpha value is -3.05. The lowest BCUT2D eigenvalue weighted by atomic mass is 10.2. The molecule has 0 aliphatic carbocycles. The van der Waals surface area contributed by atoms with Gasteiger partial charge in [-0.25, -0.2) is 0 Å². The Bertz CT molecular complexity index is 1230. The number of thioether (sulfide) groups is 1. The van der Waals surface area contributed by atoms with Crippen LogP contribution in [0.2, 0.25) is 0 Å². The highest BCUT2D eigenvalue weighted by molar-refractivity contribution is 14.1. The van der Waals surface area contributed by atoms with Crippen molar-refractivity contribution in [3.05, 3.63) is 93.8 Å². The van der Waals surface area contributed by atoms with E-state index in [1.165, 1.54) is 15.3 Å². The van der Waals surface area contributed by atoms with Gasteiger partial charge in [0.25, 0.3) is 0 Å². The number of anilines is 1. The number of carbonyl (C=O) groups is 1. The fourth-order valence-electron chi connectivity index (χ4n) is 3.36. The third kappa shape index (κ3) is 7.22. The monoisotopic (exact) mass is 599 g/mol. The number of halogens is 1. The molecule has 0 aliphatic heterocycles. The predicted octanol–water partition coefficient (Wildman–Crippen LogP) is 5.29. The van der Waals surface area contributed by atoms with Gasteiger partial charge >= 0.3 is 0 Å². The molecule has 3 aromatic carbocycles. The van der Waals surface area contributed by atoms with Gasteiger partial charge in [0.15, 0.2) is 11.0 Å². The quantitative estimate of drug-likeness (QED) is 0.180. The van der Waals surface area contributed by atoms with Crippen LogP contribution in [-0.2, 0) is 17.9 Å². The maximum atomic E-state index is 12.4. The summed E-state index contributed by atoms with van der Waals surface area (Å²) in [7, 11) is 1.64. The fraction of sp³-hybridized carbons (Fsp3) is 0.192. The van der Waals surface area contributed by atoms with Gasteiger partial charge in [-0.3, -0.25) is 9.36 Å². The number of hydrogen-bond donors (Lipinski definition) is 2. The molecular formula is C26H26IN5O2S. The summed E-state index contributed by atoms with van der Waals surface area (Å²) >= 11 is 3.81. The molecule has 1 heterocycles. The Kier molecular flexibility index (Phi) is 9.02. The first kappa shape index (κ1) is 25.1. The van der Waals surface area contributed by atoms with Gasteiger partial charge in [-0.05, 0) is 76.7 Å². The molecule has 35 heavy (non-hydrogen) atoms. The van der Waals surface area contributed by atoms with Crippen molar-refractivity contribution in [1.29, 1.82) is 0 Å². The summed E-state index contributed by atoms with van der Waals surface area (Å²) in [6, 6.07) is 25.9. The molecule has 0 saturated carbocycles. The number of aromatic nitrogens is 3. The number of hydrogen-bond acceptors (Lipinski definition) is 6. The topological polar surface area (TPSA) is 81.1 Å². The van der Waals surface area contributed by atoms with Crippen molar-refractivity contribution in [2.24, 2.45) is 0 Å². The number of ether oxygens (including phenoxy) is 1. The number of amides is 1. The smallest absolute Gasteiger partial charge is 0.221 e. The van der Waals surface area contributed by atoms with Gasteiger partial charge in [0, 0.05) is 33.7 Å². The minimum Gasteiger partial charge on any atom is -0.497 e. The number of carbonyl (C=O) groups excluding carboxylic acids is 1. The van der Waals surface area contributed by atoms with E-state index in [0.717, 1.165) is 33.7 Å². The zero-order valence-electron chi connectivity index (χ0n) is 19.3. The summed E-state index contributed by atoms with van der Waals surface area (Å²) < 4.78 is 8.40. The average molecular weight is 599 g/mol. The summed E-state index contributed by atoms with van der Waals surface area (Å²) in [4.78, 5) is 12.4. The molecule has 1 amide bonds. The molecule has 0 unspecified atom stereocenters. The maximum Gasteiger partial charge on any atom is 0.221 e. The lowest BCUT2D eigenvalue weighted by Crippen LogP contribution is -2.23. The average Bonchev–Trinajstić information content (AvgIpc) is 3.30. The lowest BCUT2D eigenvalue weighted by Gasteiger charge is -2.11. The summed E-state index contributed by atoms with van der Waals surface area (Å²) in [6.07, 6.45) is 0.388. The first-order valence-corrected chi connectivity index (χ1v) is 13.2. The molecular weight excluding hydrogens is 573 g/mol. The molecule has 4 rings (SSSR count). The molecule has 7 nitrogen and oxygen atoms in total. The number of nitrogens with one attached hydrogen (secondary N) is 2. The number of nitrogens with zero attached hydrogens (tertiary/aromatic N) is 3. The fourth-order valence-corrected chi connectivity index (χ4v) is 4.63. The first-order valence-electron chi connectivity index (χ1n) is 11.1. The van der Waals surface area contributed by atoms with Crippen LogP contribution in [-0.4, -0.2) is 33.5 Å². The van der Waals surface area contributed by atoms with Crippen LogP contribution >= 0.6 is 34.4 Å². The second-order valence-corrected chi connectivity index (χ2v) is 9.96. The lowest BCUT2D eigenvalue weighted by molar-refractivity contribution is -0.120. The summed E-state index contributed by atoms with van der Waals surface area (Å²) in [5.74, 6) is 2.21. The Balaban J connectivity index is 1.35. The van der Waals surface area contributed by atoms with Crippen molar-refractivity contribution >= 4 is 45.9 Å². The Morgan fingerprint density at radius 3 is 2.43 bits per heavy atom. The molecule has 0 bridgehead atoms. The van der Waals surface area contributed by atoms with Gasteiger partial charge in [-0.15, -0.1) is 10.2 Å². The van der Waals surface area contributed by atoms with Crippen molar-refractivity contribution in [2.45, 2.75) is 24.7 Å². The zero-order valence-corrected chi connectivity index (χ0v) is 22.3. The summed E-state index contributed by atoms with van der Waals surface area (Å²) in [5.41, 5.74) is 3.04. The minimum atomic E-state index is -0.000283. The van der Waals surface area contributed by atoms with Crippen molar-refractivity contribution in [1.82, 2.24) is 20.1 Å². The Morgan fingerprint density at radius 2 is 1.71 bits per heavy atom. The second kappa shape index (κ2) is 12.6. The van der Waals surface area contributed by atoms with E-state index < -0.39 is 0 Å². The second-order valence-electron chi connectivity index (χ2n) is 7.65. The van der Waals surface area contributed by atoms with E-state index in [2.05, 4.69) is 55.6 Å². The van der Waals surface area contributed by atoms with Crippen LogP contribution in [0.15, 0.2) is 84.0 Å².